The highest BCUT2D eigenvalue weighted by Gasteiger charge is 2.61. The van der Waals surface area contributed by atoms with Crippen LogP contribution in [0.1, 0.15) is 23.7 Å². The predicted molar refractivity (Wildman–Crippen MR) is 77.1 cm³/mol. The van der Waals surface area contributed by atoms with Crippen LogP contribution < -0.4 is 0 Å². The smallest absolute Gasteiger partial charge is 0.352 e. The summed E-state index contributed by atoms with van der Waals surface area (Å²) < 4.78 is 19.9. The number of likely N-dealkylation sites (tertiary alicyclic amines) is 1. The molecule has 1 fully saturated rings. The molecule has 1 aromatic rings. The molecular weight excluding hydrogens is 305 g/mol. The maximum atomic E-state index is 15.5. The molecule has 6 nitrogen and oxygen atoms in total. The van der Waals surface area contributed by atoms with Gasteiger partial charge < -0.3 is 4.74 Å². The van der Waals surface area contributed by atoms with Gasteiger partial charge in [-0.15, -0.1) is 0 Å². The maximum absolute atomic E-state index is 15.5. The largest absolute Gasteiger partial charge is 0.466 e. The third-order valence-electron chi connectivity index (χ3n) is 3.89. The van der Waals surface area contributed by atoms with Crippen LogP contribution in [0.3, 0.4) is 0 Å². The lowest BCUT2D eigenvalue weighted by molar-refractivity contribution is -0.158. The molecule has 0 aromatic heterocycles. The second-order valence-corrected chi connectivity index (χ2v) is 5.13. The number of halogens is 1. The highest BCUT2D eigenvalue weighted by atomic mass is 19.1. The number of benzene rings is 1. The molecule has 0 aliphatic carbocycles. The van der Waals surface area contributed by atoms with Gasteiger partial charge in [0.25, 0.3) is 5.67 Å². The summed E-state index contributed by atoms with van der Waals surface area (Å²) in [5.74, 6) is -5.87. The topological polar surface area (TPSA) is 80.8 Å². The average Bonchev–Trinajstić information content (AvgIpc) is 2.87. The molecule has 1 unspecified atom stereocenters. The number of methoxy groups -OCH3 is 1. The lowest BCUT2D eigenvalue weighted by Gasteiger charge is -2.25. The van der Waals surface area contributed by atoms with E-state index in [1.807, 2.05) is 0 Å². The lowest BCUT2D eigenvalue weighted by Crippen LogP contribution is -2.52. The summed E-state index contributed by atoms with van der Waals surface area (Å²) in [6.45, 7) is 1.60. The second kappa shape index (κ2) is 6.28. The van der Waals surface area contributed by atoms with Gasteiger partial charge in [-0.05, 0) is 6.92 Å². The molecule has 0 spiro atoms. The van der Waals surface area contributed by atoms with Gasteiger partial charge in [0.15, 0.2) is 0 Å². The molecule has 23 heavy (non-hydrogen) atoms. The Labute approximate surface area is 132 Å². The highest BCUT2D eigenvalue weighted by molar-refractivity contribution is 6.20. The van der Waals surface area contributed by atoms with Crippen LogP contribution in [0.5, 0.6) is 0 Å². The van der Waals surface area contributed by atoms with Crippen LogP contribution in [-0.2, 0) is 19.1 Å². The monoisotopic (exact) mass is 321 g/mol. The van der Waals surface area contributed by atoms with E-state index >= 15 is 4.39 Å². The number of carbonyl (C=O) groups excluding carboxylic acids is 4. The Morgan fingerprint density at radius 2 is 1.91 bits per heavy atom. The van der Waals surface area contributed by atoms with Gasteiger partial charge in [0.05, 0.1) is 7.11 Å². The summed E-state index contributed by atoms with van der Waals surface area (Å²) >= 11 is 0. The summed E-state index contributed by atoms with van der Waals surface area (Å²) in [5.41, 5.74) is -3.30. The summed E-state index contributed by atoms with van der Waals surface area (Å²) in [6.07, 6.45) is -0.545. The van der Waals surface area contributed by atoms with Crippen molar-refractivity contribution in [2.24, 2.45) is 5.92 Å². The molecule has 2 amide bonds. The van der Waals surface area contributed by atoms with Crippen LogP contribution >= 0.6 is 0 Å². The number of hydrogen-bond donors (Lipinski definition) is 0. The van der Waals surface area contributed by atoms with Crippen LogP contribution in [0.2, 0.25) is 0 Å². The molecule has 0 N–H and O–H groups in total. The Hall–Kier alpha value is -2.57. The fourth-order valence-corrected chi connectivity index (χ4v) is 2.67. The van der Waals surface area contributed by atoms with E-state index in [4.69, 9.17) is 0 Å². The zero-order chi connectivity index (χ0) is 17.2. The number of ketones is 1. The van der Waals surface area contributed by atoms with Crippen LogP contribution in [0, 0.1) is 5.92 Å². The molecule has 1 aliphatic heterocycles. The normalized spacial score (nSPS) is 20.3. The zero-order valence-electron chi connectivity index (χ0n) is 12.7. The van der Waals surface area contributed by atoms with E-state index in [9.17, 15) is 19.2 Å². The third-order valence-corrected chi connectivity index (χ3v) is 3.89. The first-order chi connectivity index (χ1) is 10.9. The molecule has 1 aliphatic rings. The highest BCUT2D eigenvalue weighted by Crippen LogP contribution is 2.36. The number of Topliss-reactive ketones (excluding diaryl/α,β-unsaturated/α-hetero) is 1. The van der Waals surface area contributed by atoms with E-state index < -0.39 is 41.6 Å². The van der Waals surface area contributed by atoms with Gasteiger partial charge in [-0.25, -0.2) is 9.18 Å². The fraction of sp³-hybridized carbons (Fsp3) is 0.375. The number of carbonyl (C=O) groups is 4. The van der Waals surface area contributed by atoms with Gasteiger partial charge in [-0.1, -0.05) is 30.3 Å². The minimum atomic E-state index is -3.23. The van der Waals surface area contributed by atoms with Crippen molar-refractivity contribution >= 4 is 23.6 Å². The molecular formula is C16H16FNO5. The average molecular weight is 321 g/mol. The number of rotatable bonds is 5. The molecule has 122 valence electrons. The number of nitrogens with zero attached hydrogens (tertiary/aromatic N) is 1. The predicted octanol–water partition coefficient (Wildman–Crippen LogP) is 1.15. The quantitative estimate of drug-likeness (QED) is 0.352. The van der Waals surface area contributed by atoms with Gasteiger partial charge in [-0.2, -0.15) is 0 Å². The van der Waals surface area contributed by atoms with Crippen molar-refractivity contribution in [3.05, 3.63) is 35.9 Å². The molecule has 1 aromatic carbocycles. The van der Waals surface area contributed by atoms with E-state index in [1.165, 1.54) is 24.3 Å². The Balaban J connectivity index is 2.49. The number of amides is 2. The molecule has 0 saturated carbocycles. The van der Waals surface area contributed by atoms with E-state index in [-0.39, 0.29) is 12.1 Å². The molecule has 0 radical (unpaired) electrons. The Morgan fingerprint density at radius 1 is 1.30 bits per heavy atom. The number of hydrogen-bond acceptors (Lipinski definition) is 5. The van der Waals surface area contributed by atoms with Crippen LogP contribution in [0.15, 0.2) is 30.3 Å². The van der Waals surface area contributed by atoms with Gasteiger partial charge in [0, 0.05) is 18.5 Å². The van der Waals surface area contributed by atoms with Crippen LogP contribution in [0.4, 0.5) is 4.39 Å². The third kappa shape index (κ3) is 2.62. The first-order valence-corrected chi connectivity index (χ1v) is 7.09. The van der Waals surface area contributed by atoms with E-state index in [1.54, 1.807) is 13.0 Å². The van der Waals surface area contributed by atoms with Crippen molar-refractivity contribution in [2.75, 3.05) is 13.7 Å². The van der Waals surface area contributed by atoms with Gasteiger partial charge in [0.1, 0.15) is 5.92 Å². The van der Waals surface area contributed by atoms with Crippen molar-refractivity contribution in [3.63, 3.8) is 0 Å². The minimum absolute atomic E-state index is 0.0466. The number of alkyl halides is 1. The fourth-order valence-electron chi connectivity index (χ4n) is 2.67. The molecule has 1 saturated heterocycles. The van der Waals surface area contributed by atoms with Crippen molar-refractivity contribution in [1.29, 1.82) is 0 Å². The molecule has 1 heterocycles. The second-order valence-electron chi connectivity index (χ2n) is 5.13. The number of imide groups is 1. The number of ether oxygens (including phenoxy) is 1. The van der Waals surface area contributed by atoms with Crippen molar-refractivity contribution in [1.82, 2.24) is 4.90 Å². The summed E-state index contributed by atoms with van der Waals surface area (Å²) in [4.78, 5) is 49.4. The zero-order valence-corrected chi connectivity index (χ0v) is 12.7. The summed E-state index contributed by atoms with van der Waals surface area (Å²) in [7, 11) is 0.924. The number of esters is 1. The molecule has 0 bridgehead atoms. The SMILES string of the molecule is CCN1C(=O)C[C@H](C(F)(C(=O)OC)C(=O)c2ccccc2)C1=O. The Morgan fingerprint density at radius 3 is 2.39 bits per heavy atom. The Bertz CT molecular complexity index is 660. The van der Waals surface area contributed by atoms with E-state index in [0.717, 1.165) is 12.0 Å². The first kappa shape index (κ1) is 16.8. The van der Waals surface area contributed by atoms with Gasteiger partial charge >= 0.3 is 5.97 Å². The van der Waals surface area contributed by atoms with Crippen molar-refractivity contribution < 1.29 is 28.3 Å². The minimum Gasteiger partial charge on any atom is -0.466 e. The molecule has 2 atom stereocenters. The van der Waals surface area contributed by atoms with Crippen molar-refractivity contribution in [3.8, 4) is 0 Å². The molecule has 2 rings (SSSR count). The Kier molecular flexibility index (Phi) is 4.58. The van der Waals surface area contributed by atoms with Gasteiger partial charge in [-0.3, -0.25) is 19.3 Å². The van der Waals surface area contributed by atoms with Gasteiger partial charge in [0.2, 0.25) is 17.6 Å². The molecule has 7 heteroatoms. The lowest BCUT2D eigenvalue weighted by atomic mass is 9.81. The summed E-state index contributed by atoms with van der Waals surface area (Å²) in [6, 6.07) is 7.30. The maximum Gasteiger partial charge on any atom is 0.352 e. The van der Waals surface area contributed by atoms with E-state index in [0.29, 0.717) is 0 Å². The summed E-state index contributed by atoms with van der Waals surface area (Å²) in [5, 5.41) is 0. The van der Waals surface area contributed by atoms with Crippen LogP contribution in [0.25, 0.3) is 0 Å². The van der Waals surface area contributed by atoms with Crippen molar-refractivity contribution in [2.45, 2.75) is 19.0 Å². The standard InChI is InChI=1S/C16H16FNO5/c1-3-18-12(19)9-11(14(18)21)16(17,15(22)23-2)13(20)10-7-5-4-6-8-10/h4-8,11H,3,9H2,1-2H3/t11-,16?/m0/s1. The van der Waals surface area contributed by atoms with Crippen LogP contribution in [-0.4, -0.2) is 47.8 Å². The van der Waals surface area contributed by atoms with E-state index in [2.05, 4.69) is 4.74 Å². The first-order valence-electron chi connectivity index (χ1n) is 7.09.